The Labute approximate surface area is 162 Å². The van der Waals surface area contributed by atoms with Gasteiger partial charge in [-0.05, 0) is 49.6 Å². The van der Waals surface area contributed by atoms with E-state index in [1.807, 2.05) is 13.0 Å². The highest BCUT2D eigenvalue weighted by Gasteiger charge is 2.39. The van der Waals surface area contributed by atoms with E-state index in [-0.39, 0.29) is 10.8 Å². The first kappa shape index (κ1) is 18.0. The van der Waals surface area contributed by atoms with Crippen molar-refractivity contribution in [2.24, 2.45) is 4.40 Å². The molecule has 1 fully saturated rings. The van der Waals surface area contributed by atoms with E-state index in [1.54, 1.807) is 41.3 Å². The molecule has 2 aromatic carbocycles. The van der Waals surface area contributed by atoms with Crippen LogP contribution in [0, 0.1) is 6.92 Å². The van der Waals surface area contributed by atoms with Crippen LogP contribution in [0.2, 0.25) is 5.02 Å². The third-order valence-corrected chi connectivity index (χ3v) is 6.46. The van der Waals surface area contributed by atoms with Gasteiger partial charge < -0.3 is 10.2 Å². The molecule has 0 bridgehead atoms. The van der Waals surface area contributed by atoms with Crippen LogP contribution in [0.4, 0.5) is 5.69 Å². The van der Waals surface area contributed by atoms with Crippen molar-refractivity contribution in [3.8, 4) is 0 Å². The minimum absolute atomic E-state index is 0.191. The molecule has 0 aliphatic carbocycles. The molecule has 2 aliphatic heterocycles. The summed E-state index contributed by atoms with van der Waals surface area (Å²) in [5.41, 5.74) is 2.11. The number of amidine groups is 1. The first-order chi connectivity index (χ1) is 12.9. The SMILES string of the molecule is Cc1ccc(Cl)cc1NC(=O)[C@@H]1CCCN1C1=NS(=O)(=O)c2ccccc21. The second-order valence-corrected chi connectivity index (χ2v) is 8.70. The summed E-state index contributed by atoms with van der Waals surface area (Å²) in [6.45, 7) is 2.47. The number of aryl methyl sites for hydroxylation is 1. The van der Waals surface area contributed by atoms with E-state index in [9.17, 15) is 13.2 Å². The summed E-state index contributed by atoms with van der Waals surface area (Å²) in [6.07, 6.45) is 1.42. The van der Waals surface area contributed by atoms with E-state index < -0.39 is 16.1 Å². The fourth-order valence-electron chi connectivity index (χ4n) is 3.53. The third kappa shape index (κ3) is 3.21. The second kappa shape index (κ2) is 6.65. The average molecular weight is 404 g/mol. The lowest BCUT2D eigenvalue weighted by Crippen LogP contribution is -2.43. The molecule has 1 amide bonds. The van der Waals surface area contributed by atoms with E-state index >= 15 is 0 Å². The van der Waals surface area contributed by atoms with Crippen molar-refractivity contribution in [3.05, 3.63) is 58.6 Å². The second-order valence-electron chi connectivity index (χ2n) is 6.69. The Kier molecular flexibility index (Phi) is 4.44. The van der Waals surface area contributed by atoms with Crippen LogP contribution >= 0.6 is 11.6 Å². The number of rotatable bonds is 2. The van der Waals surface area contributed by atoms with Gasteiger partial charge in [0.15, 0.2) is 5.84 Å². The highest BCUT2D eigenvalue weighted by Crippen LogP contribution is 2.31. The standard InChI is InChI=1S/C19H18ClN3O3S/c1-12-8-9-13(20)11-15(12)21-19(24)16-6-4-10-23(16)18-14-5-2-3-7-17(14)27(25,26)22-18/h2-3,5,7-9,11,16H,4,6,10H2,1H3,(H,21,24)/t16-/m0/s1. The Hall–Kier alpha value is -2.38. The Morgan fingerprint density at radius 3 is 2.85 bits per heavy atom. The predicted octanol–water partition coefficient (Wildman–Crippen LogP) is 3.20. The number of halogens is 1. The number of carbonyl (C=O) groups excluding carboxylic acids is 1. The molecule has 1 atom stereocenters. The molecule has 6 nitrogen and oxygen atoms in total. The zero-order chi connectivity index (χ0) is 19.2. The lowest BCUT2D eigenvalue weighted by atomic mass is 10.1. The number of nitrogens with one attached hydrogen (secondary N) is 1. The maximum Gasteiger partial charge on any atom is 0.285 e. The number of anilines is 1. The third-order valence-electron chi connectivity index (χ3n) is 4.90. The van der Waals surface area contributed by atoms with Gasteiger partial charge in [-0.3, -0.25) is 4.79 Å². The molecule has 8 heteroatoms. The molecule has 4 rings (SSSR count). The molecule has 1 N–H and O–H groups in total. The van der Waals surface area contributed by atoms with Gasteiger partial charge in [-0.25, -0.2) is 0 Å². The van der Waals surface area contributed by atoms with Crippen molar-refractivity contribution in [2.75, 3.05) is 11.9 Å². The molecule has 0 radical (unpaired) electrons. The van der Waals surface area contributed by atoms with Gasteiger partial charge in [0.2, 0.25) is 5.91 Å². The summed E-state index contributed by atoms with van der Waals surface area (Å²) >= 11 is 6.03. The fourth-order valence-corrected chi connectivity index (χ4v) is 4.92. The van der Waals surface area contributed by atoms with Gasteiger partial charge in [-0.15, -0.1) is 4.40 Å². The van der Waals surface area contributed by atoms with Crippen molar-refractivity contribution < 1.29 is 13.2 Å². The largest absolute Gasteiger partial charge is 0.343 e. The van der Waals surface area contributed by atoms with Gasteiger partial charge >= 0.3 is 0 Å². The van der Waals surface area contributed by atoms with Crippen LogP contribution in [0.5, 0.6) is 0 Å². The van der Waals surface area contributed by atoms with Crippen LogP contribution in [0.25, 0.3) is 0 Å². The van der Waals surface area contributed by atoms with Crippen LogP contribution in [-0.4, -0.2) is 37.6 Å². The lowest BCUT2D eigenvalue weighted by molar-refractivity contribution is -0.119. The van der Waals surface area contributed by atoms with Crippen molar-refractivity contribution in [2.45, 2.75) is 30.7 Å². The Morgan fingerprint density at radius 2 is 2.04 bits per heavy atom. The molecule has 0 saturated carbocycles. The molecular formula is C19H18ClN3O3S. The smallest absolute Gasteiger partial charge is 0.285 e. The van der Waals surface area contributed by atoms with Gasteiger partial charge in [0, 0.05) is 22.8 Å². The van der Waals surface area contributed by atoms with Gasteiger partial charge in [0.25, 0.3) is 10.0 Å². The molecule has 27 heavy (non-hydrogen) atoms. The maximum absolute atomic E-state index is 12.9. The minimum atomic E-state index is -3.72. The summed E-state index contributed by atoms with van der Waals surface area (Å²) in [6, 6.07) is 11.6. The lowest BCUT2D eigenvalue weighted by Gasteiger charge is -2.26. The van der Waals surface area contributed by atoms with Crippen LogP contribution in [0.3, 0.4) is 0 Å². The van der Waals surface area contributed by atoms with Gasteiger partial charge in [0.05, 0.1) is 0 Å². The van der Waals surface area contributed by atoms with Gasteiger partial charge in [-0.2, -0.15) is 8.42 Å². The molecule has 140 valence electrons. The van der Waals surface area contributed by atoms with Crippen LogP contribution in [0.15, 0.2) is 51.8 Å². The van der Waals surface area contributed by atoms with Crippen molar-refractivity contribution >= 4 is 39.1 Å². The van der Waals surface area contributed by atoms with Gasteiger partial charge in [-0.1, -0.05) is 29.8 Å². The van der Waals surface area contributed by atoms with E-state index in [2.05, 4.69) is 9.71 Å². The van der Waals surface area contributed by atoms with E-state index in [0.717, 1.165) is 12.0 Å². The summed E-state index contributed by atoms with van der Waals surface area (Å²) in [7, 11) is -3.72. The monoisotopic (exact) mass is 403 g/mol. The van der Waals surface area contributed by atoms with Gasteiger partial charge in [0.1, 0.15) is 10.9 Å². The van der Waals surface area contributed by atoms with Crippen molar-refractivity contribution in [1.29, 1.82) is 0 Å². The molecular weight excluding hydrogens is 386 g/mol. The summed E-state index contributed by atoms with van der Waals surface area (Å²) in [4.78, 5) is 14.9. The number of carbonyl (C=O) groups is 1. The number of likely N-dealkylation sites (tertiary alicyclic amines) is 1. The molecule has 2 heterocycles. The van der Waals surface area contributed by atoms with E-state index in [1.165, 1.54) is 0 Å². The number of benzene rings is 2. The highest BCUT2D eigenvalue weighted by atomic mass is 35.5. The molecule has 0 aromatic heterocycles. The maximum atomic E-state index is 12.9. The van der Waals surface area contributed by atoms with Crippen molar-refractivity contribution in [1.82, 2.24) is 4.90 Å². The van der Waals surface area contributed by atoms with Crippen LogP contribution in [0.1, 0.15) is 24.0 Å². The molecule has 2 aromatic rings. The first-order valence-electron chi connectivity index (χ1n) is 8.65. The molecule has 1 saturated heterocycles. The zero-order valence-electron chi connectivity index (χ0n) is 14.6. The number of sulfonamides is 1. The van der Waals surface area contributed by atoms with E-state index in [0.29, 0.717) is 35.1 Å². The topological polar surface area (TPSA) is 78.8 Å². The fraction of sp³-hybridized carbons (Fsp3) is 0.263. The minimum Gasteiger partial charge on any atom is -0.343 e. The molecule has 0 unspecified atom stereocenters. The van der Waals surface area contributed by atoms with Crippen molar-refractivity contribution in [3.63, 3.8) is 0 Å². The first-order valence-corrected chi connectivity index (χ1v) is 10.5. The number of fused-ring (bicyclic) bond motifs is 1. The number of hydrogen-bond acceptors (Lipinski definition) is 4. The van der Waals surface area contributed by atoms with Crippen LogP contribution < -0.4 is 5.32 Å². The highest BCUT2D eigenvalue weighted by molar-refractivity contribution is 7.90. The zero-order valence-corrected chi connectivity index (χ0v) is 16.2. The number of nitrogens with zero attached hydrogens (tertiary/aromatic N) is 2. The summed E-state index contributed by atoms with van der Waals surface area (Å²) < 4.78 is 28.6. The van der Waals surface area contributed by atoms with E-state index in [4.69, 9.17) is 11.6 Å². The number of hydrogen-bond donors (Lipinski definition) is 1. The summed E-state index contributed by atoms with van der Waals surface area (Å²) in [5, 5.41) is 3.46. The Bertz CT molecular complexity index is 1070. The average Bonchev–Trinajstić information content (AvgIpc) is 3.21. The summed E-state index contributed by atoms with van der Waals surface area (Å²) in [5.74, 6) is 0.161. The Balaban J connectivity index is 1.64. The quantitative estimate of drug-likeness (QED) is 0.835. The molecule has 0 spiro atoms. The number of amides is 1. The van der Waals surface area contributed by atoms with Crippen LogP contribution in [-0.2, 0) is 14.8 Å². The Morgan fingerprint density at radius 1 is 1.26 bits per heavy atom. The normalized spacial score (nSPS) is 20.3. The molecule has 2 aliphatic rings. The predicted molar refractivity (Wildman–Crippen MR) is 105 cm³/mol.